The van der Waals surface area contributed by atoms with Crippen molar-refractivity contribution < 1.29 is 10.2 Å². The molecule has 3 nitrogen and oxygen atoms in total. The van der Waals surface area contributed by atoms with E-state index in [1.165, 1.54) is 0 Å². The van der Waals surface area contributed by atoms with E-state index in [0.29, 0.717) is 6.54 Å². The Bertz CT molecular complexity index is 285. The van der Waals surface area contributed by atoms with Gasteiger partial charge in [0, 0.05) is 12.1 Å². The van der Waals surface area contributed by atoms with Gasteiger partial charge >= 0.3 is 0 Å². The van der Waals surface area contributed by atoms with Crippen molar-refractivity contribution in [3.63, 3.8) is 0 Å². The molecule has 15 heavy (non-hydrogen) atoms. The number of aliphatic hydroxyl groups is 2. The lowest BCUT2D eigenvalue weighted by Gasteiger charge is -2.25. The highest BCUT2D eigenvalue weighted by molar-refractivity contribution is 5.17. The molecule has 1 atom stereocenters. The number of benzene rings is 1. The molecular weight excluding hydrogens is 190 g/mol. The average molecular weight is 209 g/mol. The first-order chi connectivity index (χ1) is 7.05. The maximum absolute atomic E-state index is 9.84. The van der Waals surface area contributed by atoms with E-state index in [1.807, 2.05) is 44.2 Å². The fraction of sp³-hybridized carbons (Fsp3) is 0.500. The third-order valence-corrected chi connectivity index (χ3v) is 2.35. The molecule has 0 saturated carbocycles. The second-order valence-electron chi connectivity index (χ2n) is 4.35. The third kappa shape index (κ3) is 4.00. The van der Waals surface area contributed by atoms with Crippen LogP contribution >= 0.6 is 0 Å². The minimum absolute atomic E-state index is 0.0501. The van der Waals surface area contributed by atoms with E-state index in [0.717, 1.165) is 5.56 Å². The Morgan fingerprint density at radius 3 is 2.40 bits per heavy atom. The van der Waals surface area contributed by atoms with E-state index in [9.17, 15) is 5.11 Å². The quantitative estimate of drug-likeness (QED) is 0.680. The number of β-amino-alcohol motifs (C(OH)–C–C–N with tert-alkyl or cyclic N) is 1. The van der Waals surface area contributed by atoms with Gasteiger partial charge in [-0.1, -0.05) is 30.3 Å². The van der Waals surface area contributed by atoms with Gasteiger partial charge in [-0.3, -0.25) is 0 Å². The van der Waals surface area contributed by atoms with E-state index in [-0.39, 0.29) is 12.1 Å². The summed E-state index contributed by atoms with van der Waals surface area (Å²) in [4.78, 5) is 0. The zero-order chi connectivity index (χ0) is 11.3. The number of rotatable bonds is 5. The van der Waals surface area contributed by atoms with E-state index in [2.05, 4.69) is 5.32 Å². The largest absolute Gasteiger partial charge is 0.394 e. The minimum Gasteiger partial charge on any atom is -0.394 e. The summed E-state index contributed by atoms with van der Waals surface area (Å²) in [5.41, 5.74) is 0.536. The molecule has 0 fully saturated rings. The Morgan fingerprint density at radius 1 is 1.27 bits per heavy atom. The SMILES string of the molecule is CC(C)(CO)NC[C@H](O)c1ccccc1. The van der Waals surface area contributed by atoms with Crippen LogP contribution in [-0.4, -0.2) is 28.9 Å². The molecule has 1 rings (SSSR count). The van der Waals surface area contributed by atoms with Crippen LogP contribution in [0.25, 0.3) is 0 Å². The smallest absolute Gasteiger partial charge is 0.0914 e. The highest BCUT2D eigenvalue weighted by Gasteiger charge is 2.17. The molecule has 84 valence electrons. The van der Waals surface area contributed by atoms with Gasteiger partial charge in [0.05, 0.1) is 12.7 Å². The van der Waals surface area contributed by atoms with E-state index < -0.39 is 6.10 Å². The monoisotopic (exact) mass is 209 g/mol. The van der Waals surface area contributed by atoms with Crippen LogP contribution in [0.1, 0.15) is 25.5 Å². The first-order valence-corrected chi connectivity index (χ1v) is 5.14. The van der Waals surface area contributed by atoms with Gasteiger partial charge in [-0.15, -0.1) is 0 Å². The first-order valence-electron chi connectivity index (χ1n) is 5.14. The number of hydrogen-bond donors (Lipinski definition) is 3. The summed E-state index contributed by atoms with van der Waals surface area (Å²) >= 11 is 0. The summed E-state index contributed by atoms with van der Waals surface area (Å²) in [6.45, 7) is 4.28. The fourth-order valence-electron chi connectivity index (χ4n) is 1.22. The van der Waals surface area contributed by atoms with Crippen LogP contribution in [0.3, 0.4) is 0 Å². The van der Waals surface area contributed by atoms with Gasteiger partial charge < -0.3 is 15.5 Å². The zero-order valence-corrected chi connectivity index (χ0v) is 9.27. The molecule has 0 aliphatic heterocycles. The summed E-state index contributed by atoms with van der Waals surface area (Å²) in [6.07, 6.45) is -0.531. The summed E-state index contributed by atoms with van der Waals surface area (Å²) in [5.74, 6) is 0. The molecule has 0 radical (unpaired) electrons. The lowest BCUT2D eigenvalue weighted by molar-refractivity contribution is 0.136. The molecule has 0 bridgehead atoms. The van der Waals surface area contributed by atoms with Crippen molar-refractivity contribution in [2.75, 3.05) is 13.2 Å². The summed E-state index contributed by atoms with van der Waals surface area (Å²) in [7, 11) is 0. The molecule has 0 heterocycles. The number of hydrogen-bond acceptors (Lipinski definition) is 3. The standard InChI is InChI=1S/C12H19NO2/c1-12(2,9-14)13-8-11(15)10-6-4-3-5-7-10/h3-7,11,13-15H,8-9H2,1-2H3/t11-/m0/s1. The van der Waals surface area contributed by atoms with Crippen molar-refractivity contribution in [2.24, 2.45) is 0 Å². The van der Waals surface area contributed by atoms with Crippen LogP contribution in [0, 0.1) is 0 Å². The van der Waals surface area contributed by atoms with Gasteiger partial charge in [-0.05, 0) is 19.4 Å². The summed E-state index contributed by atoms with van der Waals surface area (Å²) < 4.78 is 0. The molecule has 0 aliphatic carbocycles. The van der Waals surface area contributed by atoms with Crippen molar-refractivity contribution in [1.82, 2.24) is 5.32 Å². The van der Waals surface area contributed by atoms with Gasteiger partial charge in [-0.2, -0.15) is 0 Å². The van der Waals surface area contributed by atoms with Crippen molar-refractivity contribution in [3.05, 3.63) is 35.9 Å². The Balaban J connectivity index is 2.47. The van der Waals surface area contributed by atoms with Crippen LogP contribution in [0.4, 0.5) is 0 Å². The highest BCUT2D eigenvalue weighted by Crippen LogP contribution is 2.12. The fourth-order valence-corrected chi connectivity index (χ4v) is 1.22. The normalized spacial score (nSPS) is 13.9. The molecule has 0 unspecified atom stereocenters. The van der Waals surface area contributed by atoms with Crippen LogP contribution in [0.15, 0.2) is 30.3 Å². The number of aliphatic hydroxyl groups excluding tert-OH is 2. The molecule has 3 heteroatoms. The Morgan fingerprint density at radius 2 is 1.87 bits per heavy atom. The average Bonchev–Trinajstić information content (AvgIpc) is 2.27. The molecular formula is C12H19NO2. The first kappa shape index (κ1) is 12.2. The Kier molecular flexibility index (Phi) is 4.27. The molecule has 1 aromatic carbocycles. The second kappa shape index (κ2) is 5.26. The lowest BCUT2D eigenvalue weighted by Crippen LogP contribution is -2.44. The maximum atomic E-state index is 9.84. The van der Waals surface area contributed by atoms with Gasteiger partial charge in [0.25, 0.3) is 0 Å². The zero-order valence-electron chi connectivity index (χ0n) is 9.27. The topological polar surface area (TPSA) is 52.5 Å². The minimum atomic E-state index is -0.531. The molecule has 0 saturated heterocycles. The third-order valence-electron chi connectivity index (χ3n) is 2.35. The molecule has 0 amide bonds. The van der Waals surface area contributed by atoms with Crippen LogP contribution < -0.4 is 5.32 Å². The van der Waals surface area contributed by atoms with E-state index >= 15 is 0 Å². The van der Waals surface area contributed by atoms with Crippen LogP contribution in [0.5, 0.6) is 0 Å². The summed E-state index contributed by atoms with van der Waals surface area (Å²) in [5, 5.41) is 22.0. The molecule has 1 aromatic rings. The number of nitrogens with one attached hydrogen (secondary N) is 1. The molecule has 0 aliphatic rings. The summed E-state index contributed by atoms with van der Waals surface area (Å²) in [6, 6.07) is 9.49. The van der Waals surface area contributed by atoms with Crippen molar-refractivity contribution in [3.8, 4) is 0 Å². The second-order valence-corrected chi connectivity index (χ2v) is 4.35. The van der Waals surface area contributed by atoms with E-state index in [1.54, 1.807) is 0 Å². The molecule has 0 spiro atoms. The van der Waals surface area contributed by atoms with Gasteiger partial charge in [0.15, 0.2) is 0 Å². The van der Waals surface area contributed by atoms with E-state index in [4.69, 9.17) is 5.11 Å². The predicted molar refractivity (Wildman–Crippen MR) is 60.6 cm³/mol. The Labute approximate surface area is 90.8 Å². The van der Waals surface area contributed by atoms with Crippen molar-refractivity contribution in [1.29, 1.82) is 0 Å². The predicted octanol–water partition coefficient (Wildman–Crippen LogP) is 1.08. The maximum Gasteiger partial charge on any atom is 0.0914 e. The van der Waals surface area contributed by atoms with Crippen LogP contribution in [0.2, 0.25) is 0 Å². The van der Waals surface area contributed by atoms with Gasteiger partial charge in [0.2, 0.25) is 0 Å². The van der Waals surface area contributed by atoms with Gasteiger partial charge in [-0.25, -0.2) is 0 Å². The van der Waals surface area contributed by atoms with Crippen molar-refractivity contribution >= 4 is 0 Å². The Hall–Kier alpha value is -0.900. The van der Waals surface area contributed by atoms with Crippen LogP contribution in [-0.2, 0) is 0 Å². The van der Waals surface area contributed by atoms with Crippen molar-refractivity contribution in [2.45, 2.75) is 25.5 Å². The highest BCUT2D eigenvalue weighted by atomic mass is 16.3. The lowest BCUT2D eigenvalue weighted by atomic mass is 10.1. The molecule has 3 N–H and O–H groups in total. The molecule has 0 aromatic heterocycles. The van der Waals surface area contributed by atoms with Gasteiger partial charge in [0.1, 0.15) is 0 Å².